The second-order valence-electron chi connectivity index (χ2n) is 29.1. The number of carbonyl (C=O) groups excluding carboxylic acids is 6. The molecule has 4 atom stereocenters. The van der Waals surface area contributed by atoms with E-state index in [1.807, 2.05) is 103 Å². The van der Waals surface area contributed by atoms with Gasteiger partial charge in [0.1, 0.15) is 34.5 Å². The lowest BCUT2D eigenvalue weighted by molar-refractivity contribution is -0.123. The molecule has 0 fully saturated rings. The van der Waals surface area contributed by atoms with Crippen LogP contribution in [0.2, 0.25) is 0 Å². The predicted molar refractivity (Wildman–Crippen MR) is 412 cm³/mol. The highest BCUT2D eigenvalue weighted by Crippen LogP contribution is 2.43. The number of carbonyl (C=O) groups is 6. The van der Waals surface area contributed by atoms with E-state index >= 15 is 0 Å². The molecule has 0 bridgehead atoms. The van der Waals surface area contributed by atoms with Crippen LogP contribution in [-0.4, -0.2) is 144 Å². The van der Waals surface area contributed by atoms with Crippen LogP contribution in [0.25, 0.3) is 33.8 Å². The minimum Gasteiger partial charge on any atom is -0.496 e. The van der Waals surface area contributed by atoms with Crippen LogP contribution in [0.4, 0.5) is 0 Å². The molecule has 24 nitrogen and oxygen atoms in total. The molecule has 0 saturated heterocycles. The molecule has 0 saturated carbocycles. The molecule has 24 heteroatoms. The van der Waals surface area contributed by atoms with Crippen molar-refractivity contribution < 1.29 is 57.2 Å². The zero-order valence-corrected chi connectivity index (χ0v) is 66.7. The third kappa shape index (κ3) is 26.6. The summed E-state index contributed by atoms with van der Waals surface area (Å²) < 4.78 is 39.3. The van der Waals surface area contributed by atoms with Gasteiger partial charge in [-0.05, 0) is 151 Å². The van der Waals surface area contributed by atoms with Crippen molar-refractivity contribution in [3.05, 3.63) is 89.9 Å². The van der Waals surface area contributed by atoms with E-state index in [9.17, 15) is 28.8 Å². The van der Waals surface area contributed by atoms with Crippen molar-refractivity contribution in [1.29, 1.82) is 0 Å². The minimum atomic E-state index is -0.308. The normalized spacial score (nSPS) is 12.5. The molecule has 0 aliphatic heterocycles. The molecule has 6 N–H and O–H groups in total. The molecule has 6 amide bonds. The summed E-state index contributed by atoms with van der Waals surface area (Å²) in [6.45, 7) is 38.7. The Labute approximate surface area is 619 Å². The highest BCUT2D eigenvalue weighted by Gasteiger charge is 2.30. The van der Waals surface area contributed by atoms with E-state index in [-0.39, 0.29) is 96.9 Å². The summed E-state index contributed by atoms with van der Waals surface area (Å²) >= 11 is 0. The van der Waals surface area contributed by atoms with Gasteiger partial charge in [-0.3, -0.25) is 42.8 Å². The molecule has 576 valence electrons. The molecule has 0 spiro atoms. The van der Waals surface area contributed by atoms with Gasteiger partial charge in [0.15, 0.2) is 17.1 Å². The lowest BCUT2D eigenvalue weighted by Gasteiger charge is -2.21. The number of methoxy groups -OCH3 is 6. The van der Waals surface area contributed by atoms with Crippen LogP contribution >= 0.6 is 0 Å². The van der Waals surface area contributed by atoms with Gasteiger partial charge in [0.05, 0.1) is 82.5 Å². The Balaban J connectivity index is 0.000000330. The first-order valence-corrected chi connectivity index (χ1v) is 37.0. The zero-order valence-electron chi connectivity index (χ0n) is 66.7. The van der Waals surface area contributed by atoms with Crippen molar-refractivity contribution >= 4 is 35.4 Å². The van der Waals surface area contributed by atoms with Gasteiger partial charge in [-0.1, -0.05) is 114 Å². The second kappa shape index (κ2) is 43.2. The lowest BCUT2D eigenvalue weighted by atomic mass is 10.0. The fourth-order valence-corrected chi connectivity index (χ4v) is 12.2. The van der Waals surface area contributed by atoms with Gasteiger partial charge in [0.2, 0.25) is 17.7 Å². The molecule has 0 radical (unpaired) electrons. The molecule has 104 heavy (non-hydrogen) atoms. The van der Waals surface area contributed by atoms with Crippen molar-refractivity contribution in [2.24, 2.45) is 35.5 Å². The average molecular weight is 1450 g/mol. The van der Waals surface area contributed by atoms with Crippen LogP contribution < -0.4 is 60.3 Å². The van der Waals surface area contributed by atoms with Crippen LogP contribution in [-0.2, 0) is 27.5 Å². The van der Waals surface area contributed by atoms with E-state index in [0.717, 1.165) is 46.6 Å². The Morgan fingerprint density at radius 3 is 0.990 bits per heavy atom. The highest BCUT2D eigenvalue weighted by molar-refractivity contribution is 5.96. The molecule has 0 aliphatic carbocycles. The summed E-state index contributed by atoms with van der Waals surface area (Å²) in [5.41, 5.74) is 5.39. The quantitative estimate of drug-likeness (QED) is 0.0210. The molecule has 6 rings (SSSR count). The van der Waals surface area contributed by atoms with E-state index in [4.69, 9.17) is 38.6 Å². The molecular weight excluding hydrogens is 1320 g/mol. The molecule has 3 aromatic carbocycles. The van der Waals surface area contributed by atoms with E-state index in [1.165, 1.54) is 0 Å². The Hall–Kier alpha value is -9.09. The van der Waals surface area contributed by atoms with Crippen molar-refractivity contribution in [3.63, 3.8) is 0 Å². The maximum Gasteiger partial charge on any atom is 0.272 e. The molecule has 6 aromatic rings. The monoisotopic (exact) mass is 1440 g/mol. The van der Waals surface area contributed by atoms with Gasteiger partial charge in [-0.25, -0.2) is 0 Å². The summed E-state index contributed by atoms with van der Waals surface area (Å²) in [5, 5.41) is 31.8. The molecule has 3 heterocycles. The van der Waals surface area contributed by atoms with E-state index in [1.54, 1.807) is 60.9 Å². The topological polar surface area (TPSA) is 283 Å². The zero-order chi connectivity index (χ0) is 77.7. The fraction of sp³-hybridized carbons (Fsp3) is 0.588. The standard InChI is InChI=1S/2C27H42N4O4.C26H40N4O4/c1-16(2)13-20(14-25(32)28-18(5)6)29-27(33)21-15-22(31(30-21)19(7)17(3)4)26-23(34-8)11-10-12-24(26)35-9;1-8-19(9-2)17-31-22(26-23(34-6)12-11-13-24(26)35-7)16-21(30-31)27(33)29-20(14-18(4)5)15-25(32)28-10-3;1-16(2)12-19(13-24(31)27-18(5)6)28-26(32)20-14-21(30(29-20)15-17(3)4)25-22(33-7)10-9-11-23(25)34-8/h10-12,15-20H,13-14H2,1-9H3,(H,28,32)(H,29,33);11-13,16,18-20H,8-10,14-15,17H2,1-7H3,(H,28,32)(H,29,33);9-11,14,16-19H,12-13,15H2,1-8H3,(H,27,31)(H,28,32)/t19?,20-;20-;19-/m000/s1. The largest absolute Gasteiger partial charge is 0.496 e. The van der Waals surface area contributed by atoms with Crippen LogP contribution in [0.15, 0.2) is 72.8 Å². The molecule has 0 aliphatic rings. The minimum absolute atomic E-state index is 0.0180. The van der Waals surface area contributed by atoms with Crippen LogP contribution in [0, 0.1) is 35.5 Å². The maximum absolute atomic E-state index is 13.4. The van der Waals surface area contributed by atoms with E-state index in [2.05, 4.69) is 127 Å². The number of nitrogens with zero attached hydrogens (tertiary/aromatic N) is 6. The van der Waals surface area contributed by atoms with Gasteiger partial charge >= 0.3 is 0 Å². The molecular formula is C80H124N12O12. The number of hydrogen-bond acceptors (Lipinski definition) is 15. The number of nitrogens with one attached hydrogen (secondary N) is 6. The van der Waals surface area contributed by atoms with Crippen molar-refractivity contribution in [3.8, 4) is 68.3 Å². The lowest BCUT2D eigenvalue weighted by Crippen LogP contribution is -2.41. The van der Waals surface area contributed by atoms with E-state index < -0.39 is 0 Å². The summed E-state index contributed by atoms with van der Waals surface area (Å²) in [6, 6.07) is 21.4. The number of benzene rings is 3. The maximum atomic E-state index is 13.4. The Morgan fingerprint density at radius 2 is 0.702 bits per heavy atom. The number of rotatable bonds is 38. The third-order valence-corrected chi connectivity index (χ3v) is 17.4. The Morgan fingerprint density at radius 1 is 0.394 bits per heavy atom. The summed E-state index contributed by atoms with van der Waals surface area (Å²) in [6.07, 6.45) is 4.77. The molecule has 3 aromatic heterocycles. The van der Waals surface area contributed by atoms with Crippen molar-refractivity contribution in [1.82, 2.24) is 61.2 Å². The van der Waals surface area contributed by atoms with Crippen LogP contribution in [0.3, 0.4) is 0 Å². The first-order valence-electron chi connectivity index (χ1n) is 37.0. The summed E-state index contributed by atoms with van der Waals surface area (Å²) in [4.78, 5) is 76.9. The second-order valence-corrected chi connectivity index (χ2v) is 29.1. The number of hydrogen-bond donors (Lipinski definition) is 6. The fourth-order valence-electron chi connectivity index (χ4n) is 12.2. The van der Waals surface area contributed by atoms with E-state index in [0.29, 0.717) is 120 Å². The van der Waals surface area contributed by atoms with Gasteiger partial charge < -0.3 is 60.3 Å². The first-order chi connectivity index (χ1) is 49.3. The third-order valence-electron chi connectivity index (χ3n) is 17.4. The summed E-state index contributed by atoms with van der Waals surface area (Å²) in [7, 11) is 9.66. The SMILES string of the molecule is CCNC(=O)C[C@H](CC(C)C)NC(=O)c1cc(-c2c(OC)cccc2OC)n(CC(CC)CC)n1.COc1cccc(OC)c1-c1cc(C(=O)N[C@H](CC(=O)NC(C)C)CC(C)C)nn1C(C)C(C)C.COc1cccc(OC)c1-c1cc(C(=O)N[C@H](CC(=O)NC(C)C)CC(C)C)nn1CC(C)C. The highest BCUT2D eigenvalue weighted by atomic mass is 16.5. The van der Waals surface area contributed by atoms with Gasteiger partial charge in [-0.15, -0.1) is 0 Å². The molecule has 1 unspecified atom stereocenters. The Kier molecular flexibility index (Phi) is 36.3. The number of amides is 6. The van der Waals surface area contributed by atoms with Gasteiger partial charge in [-0.2, -0.15) is 15.3 Å². The first kappa shape index (κ1) is 87.3. The van der Waals surface area contributed by atoms with Gasteiger partial charge in [0.25, 0.3) is 17.7 Å². The number of aromatic nitrogens is 6. The average Bonchev–Trinajstić information content (AvgIpc) is 1.62. The van der Waals surface area contributed by atoms with Crippen molar-refractivity contribution in [2.75, 3.05) is 49.2 Å². The van der Waals surface area contributed by atoms with Crippen LogP contribution in [0.5, 0.6) is 34.5 Å². The summed E-state index contributed by atoms with van der Waals surface area (Å²) in [5.74, 6) is 4.68. The van der Waals surface area contributed by atoms with Crippen LogP contribution in [0.1, 0.15) is 214 Å². The predicted octanol–water partition coefficient (Wildman–Crippen LogP) is 13.8. The van der Waals surface area contributed by atoms with Crippen molar-refractivity contribution in [2.45, 2.75) is 225 Å². The Bertz CT molecular complexity index is 3610. The number of ether oxygens (including phenoxy) is 6. The van der Waals surface area contributed by atoms with Gasteiger partial charge in [0, 0.05) is 69.1 Å². The smallest absolute Gasteiger partial charge is 0.272 e.